The van der Waals surface area contributed by atoms with Crippen molar-refractivity contribution in [2.75, 3.05) is 12.0 Å². The van der Waals surface area contributed by atoms with Crippen molar-refractivity contribution in [1.82, 2.24) is 0 Å². The second-order valence-electron chi connectivity index (χ2n) is 6.29. The molecule has 0 unspecified atom stereocenters. The first-order chi connectivity index (χ1) is 13.8. The van der Waals surface area contributed by atoms with Gasteiger partial charge in [-0.05, 0) is 73.4 Å². The molecule has 29 heavy (non-hydrogen) atoms. The van der Waals surface area contributed by atoms with Crippen molar-refractivity contribution < 1.29 is 19.1 Å². The van der Waals surface area contributed by atoms with Crippen molar-refractivity contribution in [3.05, 3.63) is 60.7 Å². The smallest absolute Gasteiger partial charge is 0.338 e. The Morgan fingerprint density at radius 1 is 0.862 bits per heavy atom. The van der Waals surface area contributed by atoms with Crippen LogP contribution in [0.25, 0.3) is 11.1 Å². The summed E-state index contributed by atoms with van der Waals surface area (Å²) in [4.78, 5) is 25.6. The lowest BCUT2D eigenvalue weighted by molar-refractivity contribution is -0.130. The summed E-state index contributed by atoms with van der Waals surface area (Å²) in [5.41, 5.74) is 2.74. The topological polar surface area (TPSA) is 52.6 Å². The van der Waals surface area contributed by atoms with Crippen molar-refractivity contribution in [3.8, 4) is 22.6 Å². The van der Waals surface area contributed by atoms with Crippen LogP contribution in [0.15, 0.2) is 70.5 Å². The molecule has 0 heterocycles. The maximum atomic E-state index is 11.8. The number of carbonyl (C=O) groups is 2. The molecule has 0 saturated heterocycles. The number of benzene rings is 2. The van der Waals surface area contributed by atoms with E-state index in [9.17, 15) is 9.59 Å². The van der Waals surface area contributed by atoms with Gasteiger partial charge in [0.15, 0.2) is 0 Å². The summed E-state index contributed by atoms with van der Waals surface area (Å²) >= 11 is 3.23. The van der Waals surface area contributed by atoms with Crippen molar-refractivity contribution in [2.24, 2.45) is 0 Å². The minimum absolute atomic E-state index is 0.348. The maximum absolute atomic E-state index is 11.8. The minimum atomic E-state index is -0.448. The van der Waals surface area contributed by atoms with Crippen molar-refractivity contribution in [2.45, 2.75) is 30.6 Å². The molecule has 0 aliphatic carbocycles. The largest absolute Gasteiger partial charge is 0.423 e. The number of thioether (sulfide) groups is 2. The van der Waals surface area contributed by atoms with Crippen LogP contribution in [-0.4, -0.2) is 23.9 Å². The quantitative estimate of drug-likeness (QED) is 0.217. The Balaban J connectivity index is 2.43. The fraction of sp³-hybridized carbons (Fsp3) is 0.217. The molecule has 2 aromatic carbocycles. The van der Waals surface area contributed by atoms with Gasteiger partial charge in [0, 0.05) is 20.9 Å². The highest BCUT2D eigenvalue weighted by Crippen LogP contribution is 2.40. The lowest BCUT2D eigenvalue weighted by Crippen LogP contribution is -2.08. The van der Waals surface area contributed by atoms with Gasteiger partial charge >= 0.3 is 11.9 Å². The Kier molecular flexibility index (Phi) is 8.17. The molecule has 0 bridgehead atoms. The Bertz CT molecular complexity index is 963. The van der Waals surface area contributed by atoms with E-state index >= 15 is 0 Å². The van der Waals surface area contributed by atoms with Crippen LogP contribution in [0.2, 0.25) is 0 Å². The van der Waals surface area contributed by atoms with E-state index in [1.165, 1.54) is 0 Å². The molecule has 152 valence electrons. The molecule has 0 spiro atoms. The van der Waals surface area contributed by atoms with Gasteiger partial charge in [0.2, 0.25) is 0 Å². The van der Waals surface area contributed by atoms with E-state index in [1.54, 1.807) is 49.5 Å². The standard InChI is InChI=1S/C23H24O4S2/c1-7-29-21-13-17(27-23(25)15(4)5)9-11-19(21)18-10-8-16(12-20(18)28-6)26-22(24)14(2)3/h8-13H,2,4,7H2,1,3,5-6H3. The van der Waals surface area contributed by atoms with Gasteiger partial charge in [-0.3, -0.25) is 0 Å². The van der Waals surface area contributed by atoms with Gasteiger partial charge in [-0.1, -0.05) is 20.1 Å². The van der Waals surface area contributed by atoms with E-state index in [4.69, 9.17) is 9.47 Å². The van der Waals surface area contributed by atoms with Gasteiger partial charge in [-0.2, -0.15) is 0 Å². The molecule has 0 aliphatic rings. The second-order valence-corrected chi connectivity index (χ2v) is 8.45. The zero-order valence-corrected chi connectivity index (χ0v) is 18.7. The Labute approximate surface area is 180 Å². The molecular formula is C23H24O4S2. The van der Waals surface area contributed by atoms with Crippen LogP contribution < -0.4 is 9.47 Å². The zero-order chi connectivity index (χ0) is 21.6. The highest BCUT2D eigenvalue weighted by atomic mass is 32.2. The molecule has 2 aromatic rings. The fourth-order valence-electron chi connectivity index (χ4n) is 2.41. The monoisotopic (exact) mass is 428 g/mol. The molecule has 0 fully saturated rings. The van der Waals surface area contributed by atoms with Crippen LogP contribution in [0.1, 0.15) is 20.8 Å². The number of rotatable bonds is 8. The normalized spacial score (nSPS) is 10.3. The number of carbonyl (C=O) groups excluding carboxylic acids is 2. The van der Waals surface area contributed by atoms with Gasteiger partial charge < -0.3 is 9.47 Å². The van der Waals surface area contributed by atoms with E-state index < -0.39 is 11.9 Å². The van der Waals surface area contributed by atoms with Crippen LogP contribution in [0.3, 0.4) is 0 Å². The second kappa shape index (κ2) is 10.4. The lowest BCUT2D eigenvalue weighted by atomic mass is 10.1. The van der Waals surface area contributed by atoms with Crippen LogP contribution in [0, 0.1) is 0 Å². The van der Waals surface area contributed by atoms with Gasteiger partial charge in [-0.15, -0.1) is 23.5 Å². The molecule has 0 amide bonds. The summed E-state index contributed by atoms with van der Waals surface area (Å²) in [6.07, 6.45) is 1.97. The number of hydrogen-bond acceptors (Lipinski definition) is 6. The lowest BCUT2D eigenvalue weighted by Gasteiger charge is -2.15. The van der Waals surface area contributed by atoms with Gasteiger partial charge in [0.05, 0.1) is 0 Å². The molecule has 0 N–H and O–H groups in total. The Morgan fingerprint density at radius 2 is 1.31 bits per heavy atom. The van der Waals surface area contributed by atoms with Crippen LogP contribution >= 0.6 is 23.5 Å². The summed E-state index contributed by atoms with van der Waals surface area (Å²) in [6, 6.07) is 11.1. The third-order valence-electron chi connectivity index (χ3n) is 3.83. The summed E-state index contributed by atoms with van der Waals surface area (Å²) in [6.45, 7) is 12.5. The van der Waals surface area contributed by atoms with Gasteiger partial charge in [0.1, 0.15) is 11.5 Å². The molecule has 4 nitrogen and oxygen atoms in total. The molecule has 6 heteroatoms. The molecule has 0 atom stereocenters. The first-order valence-corrected chi connectivity index (χ1v) is 11.2. The SMILES string of the molecule is C=C(C)C(=O)Oc1ccc(-c2ccc(OC(=O)C(=C)C)cc2SCC)c(SC)c1. The van der Waals surface area contributed by atoms with Crippen LogP contribution in [0.4, 0.5) is 0 Å². The third kappa shape index (κ3) is 6.02. The average Bonchev–Trinajstić information content (AvgIpc) is 2.68. The molecule has 2 rings (SSSR count). The third-order valence-corrected chi connectivity index (χ3v) is 5.55. The average molecular weight is 429 g/mol. The van der Waals surface area contributed by atoms with E-state index in [0.29, 0.717) is 22.6 Å². The van der Waals surface area contributed by atoms with E-state index in [2.05, 4.69) is 20.1 Å². The zero-order valence-electron chi connectivity index (χ0n) is 17.0. The maximum Gasteiger partial charge on any atom is 0.338 e. The predicted molar refractivity (Wildman–Crippen MR) is 121 cm³/mol. The van der Waals surface area contributed by atoms with E-state index in [-0.39, 0.29) is 0 Å². The number of ether oxygens (including phenoxy) is 2. The van der Waals surface area contributed by atoms with Crippen LogP contribution in [0.5, 0.6) is 11.5 Å². The highest BCUT2D eigenvalue weighted by Gasteiger charge is 2.15. The first kappa shape index (κ1) is 22.8. The Hall–Kier alpha value is -2.44. The van der Waals surface area contributed by atoms with Crippen molar-refractivity contribution >= 4 is 35.5 Å². The first-order valence-electron chi connectivity index (χ1n) is 8.97. The minimum Gasteiger partial charge on any atom is -0.423 e. The summed E-state index contributed by atoms with van der Waals surface area (Å²) in [5.74, 6) is 0.931. The highest BCUT2D eigenvalue weighted by molar-refractivity contribution is 7.99. The van der Waals surface area contributed by atoms with Crippen molar-refractivity contribution in [3.63, 3.8) is 0 Å². The molecule has 0 saturated carbocycles. The molecule has 0 aromatic heterocycles. The summed E-state index contributed by atoms with van der Waals surface area (Å²) < 4.78 is 10.7. The Morgan fingerprint density at radius 3 is 1.72 bits per heavy atom. The van der Waals surface area contributed by atoms with Gasteiger partial charge in [-0.25, -0.2) is 9.59 Å². The number of hydrogen-bond donors (Lipinski definition) is 0. The summed E-state index contributed by atoms with van der Waals surface area (Å²) in [5, 5.41) is 0. The molecule has 0 radical (unpaired) electrons. The molecule has 0 aliphatic heterocycles. The fourth-order valence-corrected chi connectivity index (χ4v) is 3.89. The van der Waals surface area contributed by atoms with Crippen LogP contribution in [-0.2, 0) is 9.59 Å². The van der Waals surface area contributed by atoms with Gasteiger partial charge in [0.25, 0.3) is 0 Å². The van der Waals surface area contributed by atoms with Crippen molar-refractivity contribution in [1.29, 1.82) is 0 Å². The summed E-state index contributed by atoms with van der Waals surface area (Å²) in [7, 11) is 0. The molecular weight excluding hydrogens is 404 g/mol. The van der Waals surface area contributed by atoms with E-state index in [0.717, 1.165) is 26.7 Å². The number of esters is 2. The van der Waals surface area contributed by atoms with E-state index in [1.807, 2.05) is 30.5 Å². The predicted octanol–water partition coefficient (Wildman–Crippen LogP) is 6.15.